The maximum absolute atomic E-state index is 10.9. The Labute approximate surface area is 93.5 Å². The van der Waals surface area contributed by atoms with Gasteiger partial charge in [0.05, 0.1) is 0 Å². The summed E-state index contributed by atoms with van der Waals surface area (Å²) in [4.78, 5) is 18.1. The first-order valence-electron chi connectivity index (χ1n) is 5.14. The van der Waals surface area contributed by atoms with E-state index >= 15 is 0 Å². The summed E-state index contributed by atoms with van der Waals surface area (Å²) in [7, 11) is 0. The monoisotopic (exact) mass is 228 g/mol. The molecule has 0 fully saturated rings. The third-order valence-electron chi connectivity index (χ3n) is 1.98. The van der Waals surface area contributed by atoms with E-state index in [0.29, 0.717) is 5.03 Å². The van der Waals surface area contributed by atoms with Gasteiger partial charge in [-0.1, -0.05) is 20.3 Å². The number of unbranched alkanes of at least 4 members (excludes halogenated alkanes) is 1. The van der Waals surface area contributed by atoms with Crippen molar-refractivity contribution in [1.82, 2.24) is 9.97 Å². The van der Waals surface area contributed by atoms with Crippen molar-refractivity contribution in [2.45, 2.75) is 38.1 Å². The summed E-state index contributed by atoms with van der Waals surface area (Å²) in [6, 6.07) is 0. The number of aromatic nitrogens is 2. The molecular formula is C10H16N2O2S. The summed E-state index contributed by atoms with van der Waals surface area (Å²) in [6.07, 6.45) is 2.93. The summed E-state index contributed by atoms with van der Waals surface area (Å²) in [5, 5.41) is 9.55. The molecule has 1 heterocycles. The van der Waals surface area contributed by atoms with E-state index in [9.17, 15) is 4.79 Å². The Morgan fingerprint density at radius 1 is 1.53 bits per heavy atom. The molecule has 0 aliphatic carbocycles. The minimum atomic E-state index is -0.929. The number of hydrogen-bond donors (Lipinski definition) is 2. The van der Waals surface area contributed by atoms with Crippen molar-refractivity contribution in [3.63, 3.8) is 0 Å². The van der Waals surface area contributed by atoms with Crippen LogP contribution in [0.2, 0.25) is 0 Å². The van der Waals surface area contributed by atoms with Crippen LogP contribution in [0.4, 0.5) is 0 Å². The van der Waals surface area contributed by atoms with E-state index in [-0.39, 0.29) is 5.69 Å². The molecule has 1 rings (SSSR count). The molecular weight excluding hydrogens is 212 g/mol. The topological polar surface area (TPSA) is 66.0 Å². The Bertz CT molecular complexity index is 336. The van der Waals surface area contributed by atoms with Crippen molar-refractivity contribution < 1.29 is 9.90 Å². The highest BCUT2D eigenvalue weighted by molar-refractivity contribution is 7.99. The quantitative estimate of drug-likeness (QED) is 0.734. The number of aromatic amines is 1. The fourth-order valence-corrected chi connectivity index (χ4v) is 1.98. The number of thioether (sulfide) groups is 1. The predicted octanol–water partition coefficient (Wildman–Crippen LogP) is 2.56. The number of nitrogens with zero attached hydrogens (tertiary/aromatic N) is 1. The van der Waals surface area contributed by atoms with Crippen molar-refractivity contribution >= 4 is 17.7 Å². The summed E-state index contributed by atoms with van der Waals surface area (Å²) in [5.41, 5.74) is 0.230. The highest BCUT2D eigenvalue weighted by Gasteiger charge is 2.15. The van der Waals surface area contributed by atoms with Crippen LogP contribution in [0, 0.1) is 0 Å². The molecule has 5 heteroatoms. The van der Waals surface area contributed by atoms with Gasteiger partial charge >= 0.3 is 5.97 Å². The smallest absolute Gasteiger partial charge is 0.355 e. The first-order valence-corrected chi connectivity index (χ1v) is 6.12. The lowest BCUT2D eigenvalue weighted by Crippen LogP contribution is -1.98. The molecule has 0 saturated heterocycles. The summed E-state index contributed by atoms with van der Waals surface area (Å²) < 4.78 is 0. The fraction of sp³-hybridized carbons (Fsp3) is 0.600. The number of carboxylic acids is 1. The second-order valence-corrected chi connectivity index (χ2v) is 4.46. The fourth-order valence-electron chi connectivity index (χ4n) is 1.25. The Kier molecular flexibility index (Phi) is 4.68. The van der Waals surface area contributed by atoms with Crippen molar-refractivity contribution in [3.05, 3.63) is 11.5 Å². The van der Waals surface area contributed by atoms with Gasteiger partial charge in [0.15, 0.2) is 5.69 Å². The number of hydrogen-bond acceptors (Lipinski definition) is 3. The van der Waals surface area contributed by atoms with Crippen LogP contribution in [0.3, 0.4) is 0 Å². The van der Waals surface area contributed by atoms with Crippen molar-refractivity contribution in [1.29, 1.82) is 0 Å². The molecule has 0 atom stereocenters. The van der Waals surface area contributed by atoms with E-state index < -0.39 is 5.97 Å². The Morgan fingerprint density at radius 2 is 2.27 bits per heavy atom. The molecule has 0 spiro atoms. The average Bonchev–Trinajstić information content (AvgIpc) is 2.59. The summed E-state index contributed by atoms with van der Waals surface area (Å²) >= 11 is 1.46. The van der Waals surface area contributed by atoms with E-state index in [0.717, 1.165) is 30.8 Å². The molecule has 4 nitrogen and oxygen atoms in total. The molecule has 0 radical (unpaired) electrons. The number of rotatable bonds is 6. The van der Waals surface area contributed by atoms with Gasteiger partial charge in [0.2, 0.25) is 0 Å². The zero-order valence-corrected chi connectivity index (χ0v) is 9.86. The molecule has 0 bridgehead atoms. The summed E-state index contributed by atoms with van der Waals surface area (Å²) in [5.74, 6) is 0.685. The normalized spacial score (nSPS) is 10.5. The summed E-state index contributed by atoms with van der Waals surface area (Å²) in [6.45, 7) is 4.08. The van der Waals surface area contributed by atoms with Gasteiger partial charge in [0.25, 0.3) is 0 Å². The molecule has 0 unspecified atom stereocenters. The van der Waals surface area contributed by atoms with E-state index in [1.165, 1.54) is 11.8 Å². The minimum absolute atomic E-state index is 0.230. The van der Waals surface area contributed by atoms with Crippen LogP contribution < -0.4 is 0 Å². The second kappa shape index (κ2) is 5.80. The van der Waals surface area contributed by atoms with E-state index in [1.54, 1.807) is 0 Å². The number of aryl methyl sites for hydroxylation is 1. The highest BCUT2D eigenvalue weighted by Crippen LogP contribution is 2.20. The van der Waals surface area contributed by atoms with Crippen LogP contribution in [-0.2, 0) is 6.42 Å². The van der Waals surface area contributed by atoms with Crippen LogP contribution >= 0.6 is 11.8 Å². The van der Waals surface area contributed by atoms with Crippen LogP contribution in [-0.4, -0.2) is 26.8 Å². The first-order chi connectivity index (χ1) is 7.19. The van der Waals surface area contributed by atoms with Gasteiger partial charge in [-0.2, -0.15) is 0 Å². The molecule has 84 valence electrons. The van der Waals surface area contributed by atoms with Crippen LogP contribution in [0.15, 0.2) is 5.03 Å². The molecule has 2 N–H and O–H groups in total. The van der Waals surface area contributed by atoms with Gasteiger partial charge < -0.3 is 10.1 Å². The lowest BCUT2D eigenvalue weighted by Gasteiger charge is -1.92. The molecule has 0 aromatic carbocycles. The number of nitrogens with one attached hydrogen (secondary N) is 1. The molecule has 0 saturated carbocycles. The standard InChI is InChI=1S/C10H16N2O2S/c1-3-5-6-7-11-8(10(13)14)9(12-7)15-4-2/h3-6H2,1-2H3,(H,11,12)(H,13,14). The van der Waals surface area contributed by atoms with Crippen LogP contribution in [0.25, 0.3) is 0 Å². The molecule has 1 aromatic rings. The van der Waals surface area contributed by atoms with Gasteiger partial charge in [-0.3, -0.25) is 0 Å². The molecule has 0 aliphatic heterocycles. The molecule has 0 aliphatic rings. The van der Waals surface area contributed by atoms with Gasteiger partial charge in [-0.15, -0.1) is 11.8 Å². The maximum Gasteiger partial charge on any atom is 0.355 e. The SMILES string of the molecule is CCCCc1nc(SCC)c(C(=O)O)[nH]1. The van der Waals surface area contributed by atoms with Gasteiger partial charge in [0.1, 0.15) is 10.9 Å². The predicted molar refractivity (Wildman–Crippen MR) is 60.6 cm³/mol. The largest absolute Gasteiger partial charge is 0.476 e. The molecule has 15 heavy (non-hydrogen) atoms. The van der Waals surface area contributed by atoms with Crippen LogP contribution in [0.1, 0.15) is 43.0 Å². The maximum atomic E-state index is 10.9. The third kappa shape index (κ3) is 3.27. The Hall–Kier alpha value is -0.970. The van der Waals surface area contributed by atoms with E-state index in [1.807, 2.05) is 6.92 Å². The molecule has 0 amide bonds. The highest BCUT2D eigenvalue weighted by atomic mass is 32.2. The number of carboxylic acid groups (broad SMARTS) is 1. The van der Waals surface area contributed by atoms with Gasteiger partial charge in [-0.25, -0.2) is 9.78 Å². The average molecular weight is 228 g/mol. The number of carbonyl (C=O) groups is 1. The van der Waals surface area contributed by atoms with Gasteiger partial charge in [-0.05, 0) is 12.2 Å². The van der Waals surface area contributed by atoms with Gasteiger partial charge in [0, 0.05) is 6.42 Å². The van der Waals surface area contributed by atoms with Crippen molar-refractivity contribution in [2.75, 3.05) is 5.75 Å². The molecule has 1 aromatic heterocycles. The lowest BCUT2D eigenvalue weighted by atomic mass is 10.2. The van der Waals surface area contributed by atoms with Crippen molar-refractivity contribution in [3.8, 4) is 0 Å². The zero-order valence-electron chi connectivity index (χ0n) is 9.04. The second-order valence-electron chi connectivity index (χ2n) is 3.21. The third-order valence-corrected chi connectivity index (χ3v) is 2.84. The van der Waals surface area contributed by atoms with E-state index in [4.69, 9.17) is 5.11 Å². The first kappa shape index (κ1) is 12.1. The van der Waals surface area contributed by atoms with Crippen molar-refractivity contribution in [2.24, 2.45) is 0 Å². The zero-order chi connectivity index (χ0) is 11.3. The van der Waals surface area contributed by atoms with E-state index in [2.05, 4.69) is 16.9 Å². The lowest BCUT2D eigenvalue weighted by molar-refractivity contribution is 0.0687. The Morgan fingerprint density at radius 3 is 2.80 bits per heavy atom. The number of aromatic carboxylic acids is 1. The Balaban J connectivity index is 2.83. The van der Waals surface area contributed by atoms with Crippen LogP contribution in [0.5, 0.6) is 0 Å². The number of H-pyrrole nitrogens is 1. The minimum Gasteiger partial charge on any atom is -0.476 e. The number of imidazole rings is 1.